The number of halogens is 2. The topological polar surface area (TPSA) is 37.8 Å². The number of rotatable bonds is 3. The van der Waals surface area contributed by atoms with E-state index in [1.165, 1.54) is 18.2 Å². The summed E-state index contributed by atoms with van der Waals surface area (Å²) in [6.07, 6.45) is 0. The van der Waals surface area contributed by atoms with Gasteiger partial charge in [-0.25, -0.2) is 18.7 Å². The van der Waals surface area contributed by atoms with E-state index in [2.05, 4.69) is 15.3 Å². The molecule has 0 radical (unpaired) electrons. The molecular formula is C20H13F2N3. The van der Waals surface area contributed by atoms with Gasteiger partial charge in [-0.05, 0) is 48.5 Å². The Morgan fingerprint density at radius 2 is 1.44 bits per heavy atom. The SMILES string of the molecule is Fc1ccc(Nc2nc(-c3ccccc3F)nc3ccccc23)cc1. The zero-order valence-corrected chi connectivity index (χ0v) is 13.1. The predicted molar refractivity (Wildman–Crippen MR) is 94.6 cm³/mol. The van der Waals surface area contributed by atoms with Crippen LogP contribution in [0.4, 0.5) is 20.3 Å². The molecular weight excluding hydrogens is 320 g/mol. The number of anilines is 2. The molecule has 0 atom stereocenters. The first-order chi connectivity index (χ1) is 12.2. The van der Waals surface area contributed by atoms with E-state index in [0.29, 0.717) is 28.4 Å². The molecule has 0 unspecified atom stereocenters. The van der Waals surface area contributed by atoms with Crippen molar-refractivity contribution < 1.29 is 8.78 Å². The molecule has 0 saturated heterocycles. The van der Waals surface area contributed by atoms with Gasteiger partial charge in [-0.15, -0.1) is 0 Å². The molecule has 0 fully saturated rings. The van der Waals surface area contributed by atoms with Gasteiger partial charge >= 0.3 is 0 Å². The Morgan fingerprint density at radius 1 is 0.720 bits per heavy atom. The minimum Gasteiger partial charge on any atom is -0.340 e. The smallest absolute Gasteiger partial charge is 0.165 e. The standard InChI is InChI=1S/C20H13F2N3/c21-13-9-11-14(12-10-13)23-20-16-6-2-4-8-18(16)24-19(25-20)15-5-1-3-7-17(15)22/h1-12H,(H,23,24,25). The average Bonchev–Trinajstić information content (AvgIpc) is 2.64. The third-order valence-corrected chi connectivity index (χ3v) is 3.82. The predicted octanol–water partition coefficient (Wildman–Crippen LogP) is 5.32. The van der Waals surface area contributed by atoms with Crippen LogP contribution in [0, 0.1) is 11.6 Å². The maximum Gasteiger partial charge on any atom is 0.165 e. The van der Waals surface area contributed by atoms with Crippen LogP contribution < -0.4 is 5.32 Å². The van der Waals surface area contributed by atoms with Crippen LogP contribution in [0.1, 0.15) is 0 Å². The van der Waals surface area contributed by atoms with Crippen molar-refractivity contribution in [3.05, 3.63) is 84.4 Å². The van der Waals surface area contributed by atoms with Gasteiger partial charge in [0.15, 0.2) is 5.82 Å². The minimum absolute atomic E-state index is 0.293. The summed E-state index contributed by atoms with van der Waals surface area (Å²) in [5.74, 6) is 0.132. The molecule has 0 saturated carbocycles. The van der Waals surface area contributed by atoms with E-state index in [1.807, 2.05) is 24.3 Å². The number of aromatic nitrogens is 2. The van der Waals surface area contributed by atoms with Crippen molar-refractivity contribution >= 4 is 22.4 Å². The highest BCUT2D eigenvalue weighted by atomic mass is 19.1. The van der Waals surface area contributed by atoms with E-state index in [0.717, 1.165) is 5.39 Å². The zero-order valence-electron chi connectivity index (χ0n) is 13.1. The maximum atomic E-state index is 14.1. The molecule has 0 aliphatic heterocycles. The molecule has 0 aliphatic rings. The van der Waals surface area contributed by atoms with E-state index in [-0.39, 0.29) is 11.6 Å². The fourth-order valence-corrected chi connectivity index (χ4v) is 2.60. The van der Waals surface area contributed by atoms with E-state index in [4.69, 9.17) is 0 Å². The van der Waals surface area contributed by atoms with Crippen molar-refractivity contribution in [1.82, 2.24) is 9.97 Å². The van der Waals surface area contributed by atoms with E-state index >= 15 is 0 Å². The Morgan fingerprint density at radius 3 is 2.24 bits per heavy atom. The number of para-hydroxylation sites is 1. The van der Waals surface area contributed by atoms with Gasteiger partial charge in [0.1, 0.15) is 17.5 Å². The second-order valence-electron chi connectivity index (χ2n) is 5.52. The lowest BCUT2D eigenvalue weighted by molar-refractivity contribution is 0.628. The lowest BCUT2D eigenvalue weighted by Crippen LogP contribution is -2.00. The number of nitrogens with zero attached hydrogens (tertiary/aromatic N) is 2. The quantitative estimate of drug-likeness (QED) is 0.551. The van der Waals surface area contributed by atoms with Crippen LogP contribution in [0.3, 0.4) is 0 Å². The normalized spacial score (nSPS) is 10.8. The molecule has 25 heavy (non-hydrogen) atoms. The molecule has 0 bridgehead atoms. The van der Waals surface area contributed by atoms with Gasteiger partial charge in [-0.3, -0.25) is 0 Å². The number of hydrogen-bond acceptors (Lipinski definition) is 3. The summed E-state index contributed by atoms with van der Waals surface area (Å²) < 4.78 is 27.2. The van der Waals surface area contributed by atoms with Crippen LogP contribution in [0.2, 0.25) is 0 Å². The average molecular weight is 333 g/mol. The highest BCUT2D eigenvalue weighted by Crippen LogP contribution is 2.28. The van der Waals surface area contributed by atoms with Crippen LogP contribution in [0.15, 0.2) is 72.8 Å². The van der Waals surface area contributed by atoms with Crippen LogP contribution in [-0.4, -0.2) is 9.97 Å². The van der Waals surface area contributed by atoms with E-state index in [9.17, 15) is 8.78 Å². The Kier molecular flexibility index (Phi) is 3.82. The summed E-state index contributed by atoms with van der Waals surface area (Å²) >= 11 is 0. The van der Waals surface area contributed by atoms with Crippen LogP contribution in [0.25, 0.3) is 22.3 Å². The highest BCUT2D eigenvalue weighted by Gasteiger charge is 2.12. The molecule has 0 aliphatic carbocycles. The Labute approximate surface area is 143 Å². The lowest BCUT2D eigenvalue weighted by atomic mass is 10.1. The van der Waals surface area contributed by atoms with Crippen molar-refractivity contribution in [1.29, 1.82) is 0 Å². The molecule has 1 heterocycles. The third kappa shape index (κ3) is 3.04. The van der Waals surface area contributed by atoms with Crippen LogP contribution in [0.5, 0.6) is 0 Å². The number of nitrogens with one attached hydrogen (secondary N) is 1. The molecule has 0 amide bonds. The van der Waals surface area contributed by atoms with Gasteiger partial charge in [-0.2, -0.15) is 0 Å². The van der Waals surface area contributed by atoms with Gasteiger partial charge in [0.2, 0.25) is 0 Å². The van der Waals surface area contributed by atoms with Crippen LogP contribution in [-0.2, 0) is 0 Å². The third-order valence-electron chi connectivity index (χ3n) is 3.82. The summed E-state index contributed by atoms with van der Waals surface area (Å²) in [6, 6.07) is 19.8. The summed E-state index contributed by atoms with van der Waals surface area (Å²) in [6.45, 7) is 0. The second kappa shape index (κ2) is 6.28. The Hall–Kier alpha value is -3.34. The monoisotopic (exact) mass is 333 g/mol. The lowest BCUT2D eigenvalue weighted by Gasteiger charge is -2.11. The van der Waals surface area contributed by atoms with Gasteiger partial charge in [-0.1, -0.05) is 24.3 Å². The van der Waals surface area contributed by atoms with Gasteiger partial charge in [0, 0.05) is 11.1 Å². The van der Waals surface area contributed by atoms with E-state index < -0.39 is 0 Å². The first kappa shape index (κ1) is 15.2. The minimum atomic E-state index is -0.384. The first-order valence-corrected chi connectivity index (χ1v) is 7.75. The van der Waals surface area contributed by atoms with Gasteiger partial charge < -0.3 is 5.32 Å². The number of fused-ring (bicyclic) bond motifs is 1. The zero-order chi connectivity index (χ0) is 17.2. The molecule has 1 aromatic heterocycles. The number of hydrogen-bond donors (Lipinski definition) is 1. The number of benzene rings is 3. The molecule has 4 aromatic rings. The maximum absolute atomic E-state index is 14.1. The van der Waals surface area contributed by atoms with Crippen molar-refractivity contribution in [2.75, 3.05) is 5.32 Å². The molecule has 122 valence electrons. The second-order valence-corrected chi connectivity index (χ2v) is 5.52. The Bertz CT molecular complexity index is 1050. The summed E-state index contributed by atoms with van der Waals surface area (Å²) in [5, 5.41) is 3.96. The highest BCUT2D eigenvalue weighted by molar-refractivity contribution is 5.92. The van der Waals surface area contributed by atoms with Crippen molar-refractivity contribution in [3.8, 4) is 11.4 Å². The molecule has 5 heteroatoms. The summed E-state index contributed by atoms with van der Waals surface area (Å²) in [4.78, 5) is 8.97. The van der Waals surface area contributed by atoms with Gasteiger partial charge in [0.05, 0.1) is 11.1 Å². The first-order valence-electron chi connectivity index (χ1n) is 7.75. The molecule has 3 nitrogen and oxygen atoms in total. The Balaban J connectivity index is 1.87. The summed E-state index contributed by atoms with van der Waals surface area (Å²) in [7, 11) is 0. The van der Waals surface area contributed by atoms with Crippen molar-refractivity contribution in [2.24, 2.45) is 0 Å². The van der Waals surface area contributed by atoms with Crippen molar-refractivity contribution in [2.45, 2.75) is 0 Å². The molecule has 1 N–H and O–H groups in total. The van der Waals surface area contributed by atoms with Gasteiger partial charge in [0.25, 0.3) is 0 Å². The molecule has 4 rings (SSSR count). The fourth-order valence-electron chi connectivity index (χ4n) is 2.60. The molecule has 3 aromatic carbocycles. The van der Waals surface area contributed by atoms with E-state index in [1.54, 1.807) is 30.3 Å². The molecule has 0 spiro atoms. The summed E-state index contributed by atoms with van der Waals surface area (Å²) in [5.41, 5.74) is 1.71. The fraction of sp³-hybridized carbons (Fsp3) is 0. The van der Waals surface area contributed by atoms with Crippen LogP contribution >= 0.6 is 0 Å². The van der Waals surface area contributed by atoms with Crippen molar-refractivity contribution in [3.63, 3.8) is 0 Å². The largest absolute Gasteiger partial charge is 0.340 e.